The summed E-state index contributed by atoms with van der Waals surface area (Å²) in [6, 6.07) is 6.94. The van der Waals surface area contributed by atoms with Gasteiger partial charge in [0.1, 0.15) is 5.75 Å². The van der Waals surface area contributed by atoms with Crippen molar-refractivity contribution in [2.75, 3.05) is 7.11 Å². The van der Waals surface area contributed by atoms with E-state index >= 15 is 0 Å². The molecule has 1 rings (SSSR count). The molecule has 0 unspecified atom stereocenters. The smallest absolute Gasteiger partial charge is 0.162 e. The van der Waals surface area contributed by atoms with Crippen LogP contribution in [0.5, 0.6) is 5.75 Å². The van der Waals surface area contributed by atoms with Crippen LogP contribution < -0.4 is 4.74 Å². The number of ether oxygens (including phenoxy) is 1. The highest BCUT2D eigenvalue weighted by Crippen LogP contribution is 2.25. The molecule has 0 aliphatic rings. The average molecular weight is 238 g/mol. The lowest BCUT2D eigenvalue weighted by Gasteiger charge is -2.04. The molecule has 84 valence electrons. The van der Waals surface area contributed by atoms with Crippen LogP contribution in [0.2, 0.25) is 5.02 Å². The Morgan fingerprint density at radius 3 is 2.88 bits per heavy atom. The van der Waals surface area contributed by atoms with Crippen LogP contribution in [-0.2, 0) is 0 Å². The molecule has 0 aliphatic carbocycles. The molecule has 0 bridgehead atoms. The zero-order chi connectivity index (χ0) is 12.0. The van der Waals surface area contributed by atoms with E-state index < -0.39 is 0 Å². The quantitative estimate of drug-likeness (QED) is 0.584. The summed E-state index contributed by atoms with van der Waals surface area (Å²) in [5.74, 6) is 0.551. The Morgan fingerprint density at radius 2 is 2.31 bits per heavy atom. The second-order valence-electron chi connectivity index (χ2n) is 3.28. The van der Waals surface area contributed by atoms with Crippen LogP contribution in [0.3, 0.4) is 0 Å². The molecule has 16 heavy (non-hydrogen) atoms. The van der Waals surface area contributed by atoms with Crippen molar-refractivity contribution in [3.63, 3.8) is 0 Å². The van der Waals surface area contributed by atoms with Crippen molar-refractivity contribution < 1.29 is 9.53 Å². The summed E-state index contributed by atoms with van der Waals surface area (Å²) in [4.78, 5) is 11.7. The number of unbranched alkanes of at least 4 members (excludes halogenated alkanes) is 1. The fraction of sp³-hybridized carbons (Fsp3) is 0.333. The summed E-state index contributed by atoms with van der Waals surface area (Å²) in [6.07, 6.45) is 1.35. The number of carbonyl (C=O) groups is 1. The summed E-state index contributed by atoms with van der Waals surface area (Å²) >= 11 is 5.91. The Morgan fingerprint density at radius 1 is 1.56 bits per heavy atom. The maximum absolute atomic E-state index is 11.7. The number of nitrogens with zero attached hydrogens (tertiary/aromatic N) is 1. The van der Waals surface area contributed by atoms with Gasteiger partial charge in [-0.2, -0.15) is 5.26 Å². The Labute approximate surface area is 99.6 Å². The number of halogens is 1. The highest BCUT2D eigenvalue weighted by Gasteiger charge is 2.08. The second kappa shape index (κ2) is 6.14. The van der Waals surface area contributed by atoms with Gasteiger partial charge >= 0.3 is 0 Å². The molecule has 0 heterocycles. The number of benzene rings is 1. The van der Waals surface area contributed by atoms with Crippen molar-refractivity contribution in [3.8, 4) is 11.8 Å². The molecule has 1 aromatic carbocycles. The van der Waals surface area contributed by atoms with Gasteiger partial charge in [0, 0.05) is 18.4 Å². The maximum Gasteiger partial charge on any atom is 0.162 e. The monoisotopic (exact) mass is 237 g/mol. The minimum Gasteiger partial charge on any atom is -0.495 e. The van der Waals surface area contributed by atoms with Gasteiger partial charge in [-0.05, 0) is 24.6 Å². The first-order valence-corrected chi connectivity index (χ1v) is 5.30. The minimum atomic E-state index is -0.000182. The van der Waals surface area contributed by atoms with E-state index in [0.717, 1.165) is 0 Å². The van der Waals surface area contributed by atoms with Gasteiger partial charge in [-0.1, -0.05) is 11.6 Å². The van der Waals surface area contributed by atoms with E-state index in [4.69, 9.17) is 21.6 Å². The zero-order valence-electron chi connectivity index (χ0n) is 9.00. The Bertz CT molecular complexity index is 424. The van der Waals surface area contributed by atoms with Crippen molar-refractivity contribution in [1.82, 2.24) is 0 Å². The normalized spacial score (nSPS) is 9.56. The topological polar surface area (TPSA) is 50.1 Å². The molecular formula is C12H12ClNO2. The predicted molar refractivity (Wildman–Crippen MR) is 61.8 cm³/mol. The lowest BCUT2D eigenvalue weighted by atomic mass is 10.1. The SMILES string of the molecule is COc1ccc(C(=O)CCCC#N)cc1Cl. The van der Waals surface area contributed by atoms with Crippen molar-refractivity contribution in [2.45, 2.75) is 19.3 Å². The molecule has 0 saturated carbocycles. The fourth-order valence-corrected chi connectivity index (χ4v) is 1.57. The van der Waals surface area contributed by atoms with Crippen LogP contribution >= 0.6 is 11.6 Å². The third-order valence-electron chi connectivity index (χ3n) is 2.17. The number of hydrogen-bond donors (Lipinski definition) is 0. The van der Waals surface area contributed by atoms with Gasteiger partial charge < -0.3 is 4.74 Å². The van der Waals surface area contributed by atoms with Gasteiger partial charge in [-0.3, -0.25) is 4.79 Å². The average Bonchev–Trinajstić information content (AvgIpc) is 2.29. The fourth-order valence-electron chi connectivity index (χ4n) is 1.31. The molecular weight excluding hydrogens is 226 g/mol. The molecule has 3 nitrogen and oxygen atoms in total. The van der Waals surface area contributed by atoms with Crippen LogP contribution in [0.15, 0.2) is 18.2 Å². The van der Waals surface area contributed by atoms with Gasteiger partial charge in [0.05, 0.1) is 18.2 Å². The summed E-state index contributed by atoms with van der Waals surface area (Å²) in [5, 5.41) is 8.79. The first-order chi connectivity index (χ1) is 7.69. The zero-order valence-corrected chi connectivity index (χ0v) is 9.75. The van der Waals surface area contributed by atoms with Crippen LogP contribution in [0, 0.1) is 11.3 Å². The molecule has 4 heteroatoms. The predicted octanol–water partition coefficient (Wildman–Crippen LogP) is 3.23. The van der Waals surface area contributed by atoms with E-state index in [1.807, 2.05) is 6.07 Å². The third kappa shape index (κ3) is 3.25. The lowest BCUT2D eigenvalue weighted by Crippen LogP contribution is -1.99. The molecule has 0 amide bonds. The van der Waals surface area contributed by atoms with E-state index in [0.29, 0.717) is 35.6 Å². The van der Waals surface area contributed by atoms with Crippen molar-refractivity contribution >= 4 is 17.4 Å². The summed E-state index contributed by atoms with van der Waals surface area (Å²) in [7, 11) is 1.52. The summed E-state index contributed by atoms with van der Waals surface area (Å²) in [6.45, 7) is 0. The molecule has 0 aromatic heterocycles. The van der Waals surface area contributed by atoms with E-state index in [1.54, 1.807) is 18.2 Å². The number of nitriles is 1. The van der Waals surface area contributed by atoms with Gasteiger partial charge in [-0.25, -0.2) is 0 Å². The van der Waals surface area contributed by atoms with Crippen LogP contribution in [0.1, 0.15) is 29.6 Å². The molecule has 0 saturated heterocycles. The van der Waals surface area contributed by atoms with Crippen LogP contribution in [0.25, 0.3) is 0 Å². The largest absolute Gasteiger partial charge is 0.495 e. The number of carbonyl (C=O) groups excluding carboxylic acids is 1. The highest BCUT2D eigenvalue weighted by atomic mass is 35.5. The second-order valence-corrected chi connectivity index (χ2v) is 3.69. The molecule has 1 aromatic rings. The first kappa shape index (κ1) is 12.5. The Hall–Kier alpha value is -1.53. The van der Waals surface area contributed by atoms with Gasteiger partial charge in [0.2, 0.25) is 0 Å². The summed E-state index contributed by atoms with van der Waals surface area (Å²) in [5.41, 5.74) is 0.559. The highest BCUT2D eigenvalue weighted by molar-refractivity contribution is 6.32. The Balaban J connectivity index is 2.70. The number of hydrogen-bond acceptors (Lipinski definition) is 3. The van der Waals surface area contributed by atoms with Gasteiger partial charge in [-0.15, -0.1) is 0 Å². The Kier molecular flexibility index (Phi) is 4.81. The maximum atomic E-state index is 11.7. The minimum absolute atomic E-state index is 0.000182. The van der Waals surface area contributed by atoms with Crippen molar-refractivity contribution in [3.05, 3.63) is 28.8 Å². The van der Waals surface area contributed by atoms with Gasteiger partial charge in [0.25, 0.3) is 0 Å². The molecule has 0 radical (unpaired) electrons. The number of methoxy groups -OCH3 is 1. The van der Waals surface area contributed by atoms with Gasteiger partial charge in [0.15, 0.2) is 5.78 Å². The number of rotatable bonds is 5. The number of ketones is 1. The van der Waals surface area contributed by atoms with Crippen LogP contribution in [0.4, 0.5) is 0 Å². The van der Waals surface area contributed by atoms with E-state index in [2.05, 4.69) is 0 Å². The van der Waals surface area contributed by atoms with Crippen molar-refractivity contribution in [1.29, 1.82) is 5.26 Å². The van der Waals surface area contributed by atoms with E-state index in [1.165, 1.54) is 7.11 Å². The van der Waals surface area contributed by atoms with Crippen molar-refractivity contribution in [2.24, 2.45) is 0 Å². The molecule has 0 fully saturated rings. The lowest BCUT2D eigenvalue weighted by molar-refractivity contribution is 0.0980. The summed E-state index contributed by atoms with van der Waals surface area (Å²) < 4.78 is 4.99. The molecule has 0 atom stereocenters. The first-order valence-electron chi connectivity index (χ1n) is 4.92. The number of Topliss-reactive ketones (excluding diaryl/α,β-unsaturated/α-hetero) is 1. The molecule has 0 N–H and O–H groups in total. The molecule has 0 spiro atoms. The molecule has 0 aliphatic heterocycles. The van der Waals surface area contributed by atoms with Crippen LogP contribution in [-0.4, -0.2) is 12.9 Å². The third-order valence-corrected chi connectivity index (χ3v) is 2.46. The van der Waals surface area contributed by atoms with E-state index in [9.17, 15) is 4.79 Å². The standard InChI is InChI=1S/C12H12ClNO2/c1-16-12-6-5-9(8-10(12)13)11(15)4-2-3-7-14/h5-6,8H,2-4H2,1H3. The van der Waals surface area contributed by atoms with E-state index in [-0.39, 0.29) is 5.78 Å².